The van der Waals surface area contributed by atoms with Crippen LogP contribution in [0.5, 0.6) is 17.2 Å². The summed E-state index contributed by atoms with van der Waals surface area (Å²) in [5.74, 6) is 2.81. The van der Waals surface area contributed by atoms with Gasteiger partial charge in [0.2, 0.25) is 5.75 Å². The number of ether oxygens (including phenoxy) is 3. The Morgan fingerprint density at radius 3 is 2.50 bits per heavy atom. The van der Waals surface area contributed by atoms with E-state index in [0.29, 0.717) is 41.5 Å². The molecule has 0 amide bonds. The number of carbonyl (C=O) groups is 1. The first-order valence-electron chi connectivity index (χ1n) is 10.5. The van der Waals surface area contributed by atoms with Crippen LogP contribution in [0.15, 0.2) is 42.5 Å². The highest BCUT2D eigenvalue weighted by molar-refractivity contribution is 5.93. The van der Waals surface area contributed by atoms with Gasteiger partial charge in [0, 0.05) is 24.1 Å². The molecule has 1 fully saturated rings. The highest BCUT2D eigenvalue weighted by Crippen LogP contribution is 2.46. The summed E-state index contributed by atoms with van der Waals surface area (Å²) >= 11 is 0. The zero-order chi connectivity index (χ0) is 21.1. The van der Waals surface area contributed by atoms with Gasteiger partial charge in [-0.1, -0.05) is 24.3 Å². The molecule has 0 bridgehead atoms. The van der Waals surface area contributed by atoms with E-state index in [2.05, 4.69) is 29.6 Å². The van der Waals surface area contributed by atoms with Gasteiger partial charge in [0.25, 0.3) is 0 Å². The molecule has 3 atom stereocenters. The van der Waals surface area contributed by atoms with Crippen molar-refractivity contribution in [3.8, 4) is 17.2 Å². The molecular formula is C25H29NO4. The fourth-order valence-corrected chi connectivity index (χ4v) is 4.85. The topological polar surface area (TPSA) is 56.8 Å². The van der Waals surface area contributed by atoms with Gasteiger partial charge >= 0.3 is 0 Å². The largest absolute Gasteiger partial charge is 0.493 e. The lowest BCUT2D eigenvalue weighted by Crippen LogP contribution is -2.29. The fraction of sp³-hybridized carbons (Fsp3) is 0.400. The standard InChI is InChI=1S/C25H29NO4/c1-28-23-14-17(15-24(29-2)25(23)30-3)8-10-18(27)12-16-9-11-22-20(13-16)19-6-4-5-7-21(19)26-22/h4-8,10,14-16,20,22,26H,9,11-13H2,1-3H3/b10-8+. The minimum absolute atomic E-state index is 0.159. The predicted octanol–water partition coefficient (Wildman–Crippen LogP) is 5.06. The number of anilines is 1. The van der Waals surface area contributed by atoms with Gasteiger partial charge in [-0.25, -0.2) is 0 Å². The molecule has 1 heterocycles. The summed E-state index contributed by atoms with van der Waals surface area (Å²) in [6, 6.07) is 12.8. The first kappa shape index (κ1) is 20.3. The van der Waals surface area contributed by atoms with Crippen molar-refractivity contribution in [3.05, 3.63) is 53.6 Å². The van der Waals surface area contributed by atoms with Gasteiger partial charge in [0.15, 0.2) is 17.3 Å². The third-order valence-corrected chi connectivity index (χ3v) is 6.30. The highest BCUT2D eigenvalue weighted by Gasteiger charge is 2.37. The average molecular weight is 408 g/mol. The number of ketones is 1. The third-order valence-electron chi connectivity index (χ3n) is 6.30. The molecule has 0 radical (unpaired) electrons. The number of allylic oxidation sites excluding steroid dienone is 1. The van der Waals surface area contributed by atoms with E-state index in [0.717, 1.165) is 24.8 Å². The molecule has 2 aromatic rings. The smallest absolute Gasteiger partial charge is 0.203 e. The van der Waals surface area contributed by atoms with Crippen molar-refractivity contribution in [3.63, 3.8) is 0 Å². The van der Waals surface area contributed by atoms with Gasteiger partial charge in [-0.05, 0) is 60.6 Å². The Kier molecular flexibility index (Phi) is 5.98. The van der Waals surface area contributed by atoms with Crippen molar-refractivity contribution in [2.24, 2.45) is 5.92 Å². The molecule has 2 aliphatic rings. The van der Waals surface area contributed by atoms with E-state index >= 15 is 0 Å². The second-order valence-corrected chi connectivity index (χ2v) is 8.09. The van der Waals surface area contributed by atoms with E-state index in [9.17, 15) is 4.79 Å². The molecule has 0 aromatic heterocycles. The summed E-state index contributed by atoms with van der Waals surface area (Å²) in [5, 5.41) is 3.66. The number of carbonyl (C=O) groups excluding carboxylic acids is 1. The molecule has 30 heavy (non-hydrogen) atoms. The number of methoxy groups -OCH3 is 3. The van der Waals surface area contributed by atoms with Crippen LogP contribution in [0.4, 0.5) is 5.69 Å². The highest BCUT2D eigenvalue weighted by atomic mass is 16.5. The Bertz CT molecular complexity index is 927. The molecule has 1 aliphatic carbocycles. The van der Waals surface area contributed by atoms with E-state index in [1.807, 2.05) is 18.2 Å². The number of nitrogens with one attached hydrogen (secondary N) is 1. The van der Waals surface area contributed by atoms with Crippen LogP contribution in [0.25, 0.3) is 6.08 Å². The SMILES string of the molecule is COc1cc(/C=C/C(=O)CC2CCC3Nc4ccccc4C3C2)cc(OC)c1OC. The lowest BCUT2D eigenvalue weighted by atomic mass is 9.75. The molecule has 3 unspecified atom stereocenters. The van der Waals surface area contributed by atoms with E-state index < -0.39 is 0 Å². The van der Waals surface area contributed by atoms with Crippen molar-refractivity contribution in [1.82, 2.24) is 0 Å². The second-order valence-electron chi connectivity index (χ2n) is 8.09. The summed E-state index contributed by atoms with van der Waals surface area (Å²) in [6.45, 7) is 0. The van der Waals surface area contributed by atoms with Crippen molar-refractivity contribution >= 4 is 17.5 Å². The molecule has 1 N–H and O–H groups in total. The Morgan fingerprint density at radius 2 is 1.80 bits per heavy atom. The Morgan fingerprint density at radius 1 is 1.07 bits per heavy atom. The summed E-state index contributed by atoms with van der Waals surface area (Å²) < 4.78 is 16.1. The normalized spacial score (nSPS) is 22.2. The minimum atomic E-state index is 0.159. The Hall–Kier alpha value is -2.95. The van der Waals surface area contributed by atoms with E-state index in [-0.39, 0.29) is 5.78 Å². The van der Waals surface area contributed by atoms with E-state index in [4.69, 9.17) is 14.2 Å². The van der Waals surface area contributed by atoms with Crippen molar-refractivity contribution < 1.29 is 19.0 Å². The first-order chi connectivity index (χ1) is 14.6. The number of rotatable bonds is 7. The van der Waals surface area contributed by atoms with Crippen LogP contribution in [-0.4, -0.2) is 33.2 Å². The zero-order valence-electron chi connectivity index (χ0n) is 17.8. The number of hydrogen-bond donors (Lipinski definition) is 1. The molecule has 5 nitrogen and oxygen atoms in total. The van der Waals surface area contributed by atoms with Crippen molar-refractivity contribution in [1.29, 1.82) is 0 Å². The maximum atomic E-state index is 12.7. The number of hydrogen-bond acceptors (Lipinski definition) is 5. The zero-order valence-corrected chi connectivity index (χ0v) is 17.8. The fourth-order valence-electron chi connectivity index (χ4n) is 4.85. The maximum Gasteiger partial charge on any atom is 0.203 e. The molecule has 5 heteroatoms. The molecule has 158 valence electrons. The molecule has 0 saturated heterocycles. The van der Waals surface area contributed by atoms with Gasteiger partial charge in [-0.15, -0.1) is 0 Å². The summed E-state index contributed by atoms with van der Waals surface area (Å²) in [6.07, 6.45) is 7.36. The maximum absolute atomic E-state index is 12.7. The minimum Gasteiger partial charge on any atom is -0.493 e. The Balaban J connectivity index is 1.41. The number of para-hydroxylation sites is 1. The van der Waals surface area contributed by atoms with Crippen molar-refractivity contribution in [2.75, 3.05) is 26.6 Å². The van der Waals surface area contributed by atoms with Gasteiger partial charge in [-0.3, -0.25) is 4.79 Å². The lowest BCUT2D eigenvalue weighted by Gasteiger charge is -2.31. The van der Waals surface area contributed by atoms with E-state index in [1.165, 1.54) is 11.3 Å². The van der Waals surface area contributed by atoms with Crippen LogP contribution >= 0.6 is 0 Å². The summed E-state index contributed by atoms with van der Waals surface area (Å²) in [5.41, 5.74) is 3.52. The molecule has 1 saturated carbocycles. The van der Waals surface area contributed by atoms with Crippen molar-refractivity contribution in [2.45, 2.75) is 37.6 Å². The molecule has 0 spiro atoms. The predicted molar refractivity (Wildman–Crippen MR) is 119 cm³/mol. The molecule has 4 rings (SSSR count). The number of fused-ring (bicyclic) bond motifs is 3. The molecular weight excluding hydrogens is 378 g/mol. The van der Waals surface area contributed by atoms with Gasteiger partial charge in [0.05, 0.1) is 21.3 Å². The van der Waals surface area contributed by atoms with Crippen LogP contribution in [-0.2, 0) is 4.79 Å². The van der Waals surface area contributed by atoms with Crippen LogP contribution in [0.1, 0.15) is 42.7 Å². The van der Waals surface area contributed by atoms with Crippen LogP contribution in [0.3, 0.4) is 0 Å². The van der Waals surface area contributed by atoms with Gasteiger partial charge in [0.1, 0.15) is 0 Å². The monoisotopic (exact) mass is 407 g/mol. The van der Waals surface area contributed by atoms with E-state index in [1.54, 1.807) is 27.4 Å². The first-order valence-corrected chi connectivity index (χ1v) is 10.5. The third kappa shape index (κ3) is 4.02. The van der Waals surface area contributed by atoms with Crippen LogP contribution in [0, 0.1) is 5.92 Å². The van der Waals surface area contributed by atoms with Gasteiger partial charge < -0.3 is 19.5 Å². The average Bonchev–Trinajstić information content (AvgIpc) is 3.14. The number of benzene rings is 2. The quantitative estimate of drug-likeness (QED) is 0.650. The van der Waals surface area contributed by atoms with Crippen LogP contribution in [0.2, 0.25) is 0 Å². The van der Waals surface area contributed by atoms with Crippen LogP contribution < -0.4 is 19.5 Å². The molecule has 1 aliphatic heterocycles. The lowest BCUT2D eigenvalue weighted by molar-refractivity contribution is -0.115. The Labute approximate surface area is 178 Å². The summed E-state index contributed by atoms with van der Waals surface area (Å²) in [4.78, 5) is 12.7. The van der Waals surface area contributed by atoms with Gasteiger partial charge in [-0.2, -0.15) is 0 Å². The second kappa shape index (κ2) is 8.82. The summed E-state index contributed by atoms with van der Waals surface area (Å²) in [7, 11) is 4.75. The molecule has 2 aromatic carbocycles.